The third-order valence-electron chi connectivity index (χ3n) is 9.87. The van der Waals surface area contributed by atoms with Crippen molar-refractivity contribution in [1.82, 2.24) is 36.5 Å². The maximum absolute atomic E-state index is 14.0. The van der Waals surface area contributed by atoms with Gasteiger partial charge in [0.25, 0.3) is 0 Å². The topological polar surface area (TPSA) is 291 Å². The summed E-state index contributed by atoms with van der Waals surface area (Å²) in [6, 6.07) is 5.91. The molecule has 6 unspecified atom stereocenters. The Hall–Kier alpha value is -6.43. The molecular weight excluding hydrogens is 726 g/mol. The number of allylic oxidation sites excluding steroid dienone is 1. The molecule has 2 saturated heterocycles. The molecule has 18 nitrogen and oxygen atoms in total. The zero-order valence-electron chi connectivity index (χ0n) is 30.6. The first-order valence-corrected chi connectivity index (χ1v) is 18.2. The molecule has 2 aromatic carbocycles. The van der Waals surface area contributed by atoms with Crippen LogP contribution < -0.4 is 38.1 Å². The van der Waals surface area contributed by atoms with Crippen LogP contribution in [0.15, 0.2) is 67.0 Å². The highest BCUT2D eigenvalue weighted by Gasteiger charge is 2.40. The molecule has 3 heterocycles. The van der Waals surface area contributed by atoms with Gasteiger partial charge in [-0.1, -0.05) is 36.9 Å². The number of hydrogen-bond acceptors (Lipinski definition) is 10. The summed E-state index contributed by atoms with van der Waals surface area (Å²) < 4.78 is 0. The fourth-order valence-corrected chi connectivity index (χ4v) is 6.91. The van der Waals surface area contributed by atoms with Gasteiger partial charge in [0, 0.05) is 42.2 Å². The number of para-hydroxylation sites is 1. The quantitative estimate of drug-likeness (QED) is 0.0735. The van der Waals surface area contributed by atoms with E-state index in [0.717, 1.165) is 10.9 Å². The van der Waals surface area contributed by atoms with Crippen LogP contribution in [0.1, 0.15) is 43.2 Å². The van der Waals surface area contributed by atoms with Gasteiger partial charge >= 0.3 is 0 Å². The second-order valence-corrected chi connectivity index (χ2v) is 14.0. The van der Waals surface area contributed by atoms with Crippen LogP contribution in [-0.2, 0) is 46.4 Å². The van der Waals surface area contributed by atoms with E-state index in [4.69, 9.17) is 11.5 Å². The van der Waals surface area contributed by atoms with Crippen LogP contribution in [0.4, 0.5) is 0 Å². The summed E-state index contributed by atoms with van der Waals surface area (Å²) >= 11 is 0. The highest BCUT2D eigenvalue weighted by atomic mass is 16.3. The number of aromatic nitrogens is 1. The number of hydrogen-bond donors (Lipinski definition) is 10. The summed E-state index contributed by atoms with van der Waals surface area (Å²) in [6.07, 6.45) is 2.66. The second-order valence-electron chi connectivity index (χ2n) is 14.0. The van der Waals surface area contributed by atoms with Crippen LogP contribution in [0.25, 0.3) is 10.9 Å². The number of rotatable bonds is 17. The first-order valence-electron chi connectivity index (χ1n) is 18.2. The molecule has 2 aliphatic rings. The van der Waals surface area contributed by atoms with E-state index in [1.165, 1.54) is 17.0 Å². The van der Waals surface area contributed by atoms with Gasteiger partial charge in [-0.2, -0.15) is 0 Å². The third kappa shape index (κ3) is 10.2. The Morgan fingerprint density at radius 2 is 1.52 bits per heavy atom. The maximum atomic E-state index is 14.0. The van der Waals surface area contributed by atoms with E-state index < -0.39 is 90.6 Å². The molecule has 2 fully saturated rings. The van der Waals surface area contributed by atoms with Crippen LogP contribution in [-0.4, -0.2) is 111 Å². The number of H-pyrrole nitrogens is 1. The first kappa shape index (κ1) is 40.7. The SMILES string of the molecule is C=C1CCC(C(=O)NC(CC(N)=O)C(=O)N2CCCC2C(=O)NC(Cc2c[nH]c3ccccc23)C(=O)NC(CO)C(=O)NC(Cc2ccc(O)cc2)C(N)=O)N1. The van der Waals surface area contributed by atoms with E-state index in [9.17, 15) is 43.8 Å². The number of amides is 7. The average Bonchev–Trinajstić information content (AvgIpc) is 3.93. The number of benzene rings is 2. The number of nitrogens with zero attached hydrogens (tertiary/aromatic N) is 1. The minimum Gasteiger partial charge on any atom is -0.508 e. The van der Waals surface area contributed by atoms with Crippen molar-refractivity contribution in [1.29, 1.82) is 0 Å². The highest BCUT2D eigenvalue weighted by Crippen LogP contribution is 2.23. The Morgan fingerprint density at radius 3 is 2.18 bits per heavy atom. The normalized spacial score (nSPS) is 18.6. The molecule has 298 valence electrons. The Labute approximate surface area is 321 Å². The number of primary amides is 2. The summed E-state index contributed by atoms with van der Waals surface area (Å²) in [5.74, 6) is -5.43. The second kappa shape index (κ2) is 18.3. The van der Waals surface area contributed by atoms with Gasteiger partial charge in [-0.15, -0.1) is 0 Å². The van der Waals surface area contributed by atoms with E-state index in [-0.39, 0.29) is 31.6 Å². The van der Waals surface area contributed by atoms with E-state index in [0.29, 0.717) is 36.1 Å². The lowest BCUT2D eigenvalue weighted by molar-refractivity contribution is -0.143. The van der Waals surface area contributed by atoms with Crippen LogP contribution in [0.3, 0.4) is 0 Å². The van der Waals surface area contributed by atoms with Crippen LogP contribution >= 0.6 is 0 Å². The van der Waals surface area contributed by atoms with Gasteiger partial charge in [0.05, 0.1) is 13.0 Å². The number of carbonyl (C=O) groups excluding carboxylic acids is 7. The van der Waals surface area contributed by atoms with Gasteiger partial charge in [0.1, 0.15) is 42.0 Å². The number of aliphatic hydroxyl groups is 1. The predicted molar refractivity (Wildman–Crippen MR) is 202 cm³/mol. The molecule has 0 spiro atoms. The monoisotopic (exact) mass is 773 g/mol. The van der Waals surface area contributed by atoms with Crippen LogP contribution in [0.5, 0.6) is 5.75 Å². The van der Waals surface area contributed by atoms with E-state index in [1.54, 1.807) is 24.4 Å². The molecule has 0 saturated carbocycles. The molecule has 5 rings (SSSR count). The van der Waals surface area contributed by atoms with Crippen LogP contribution in [0, 0.1) is 0 Å². The molecule has 0 aliphatic carbocycles. The lowest BCUT2D eigenvalue weighted by Gasteiger charge is -2.30. The standard InChI is InChI=1S/C38H47N9O9/c1-20-8-13-26(42-20)34(52)45-29(17-32(39)50)38(56)47-14-4-7-31(47)37(55)44-28(16-22-18-41-25-6-3-2-5-24(22)25)35(53)46-30(19-48)36(54)43-27(33(40)51)15-21-9-11-23(49)12-10-21/h2-3,5-6,9-12,18,26-31,41-42,48-49H,1,4,7-8,13-17,19H2,(H2,39,50)(H2,40,51)(H,43,54)(H,44,55)(H,45,52)(H,46,53). The fourth-order valence-electron chi connectivity index (χ4n) is 6.91. The smallest absolute Gasteiger partial charge is 0.246 e. The average molecular weight is 774 g/mol. The first-order chi connectivity index (χ1) is 26.7. The minimum absolute atomic E-state index is 0.00163. The van der Waals surface area contributed by atoms with Crippen molar-refractivity contribution in [3.8, 4) is 5.75 Å². The lowest BCUT2D eigenvalue weighted by atomic mass is 10.0. The molecular formula is C38H47N9O9. The van der Waals surface area contributed by atoms with Gasteiger partial charge in [-0.05, 0) is 55.0 Å². The number of nitrogens with two attached hydrogens (primary N) is 2. The number of nitrogens with one attached hydrogen (secondary N) is 6. The highest BCUT2D eigenvalue weighted by molar-refractivity contribution is 5.98. The Morgan fingerprint density at radius 1 is 0.839 bits per heavy atom. The number of aromatic amines is 1. The Balaban J connectivity index is 1.32. The molecule has 7 amide bonds. The van der Waals surface area contributed by atoms with Gasteiger partial charge in [0.15, 0.2) is 0 Å². The predicted octanol–water partition coefficient (Wildman–Crippen LogP) is -1.79. The summed E-state index contributed by atoms with van der Waals surface area (Å²) in [5.41, 5.74) is 13.6. The van der Waals surface area contributed by atoms with Gasteiger partial charge < -0.3 is 58.1 Å². The van der Waals surface area contributed by atoms with E-state index in [1.807, 2.05) is 18.2 Å². The van der Waals surface area contributed by atoms with Crippen molar-refractivity contribution < 1.29 is 43.8 Å². The largest absolute Gasteiger partial charge is 0.508 e. The molecule has 56 heavy (non-hydrogen) atoms. The van der Waals surface area contributed by atoms with Crippen molar-refractivity contribution in [2.75, 3.05) is 13.2 Å². The summed E-state index contributed by atoms with van der Waals surface area (Å²) in [6.45, 7) is 3.05. The third-order valence-corrected chi connectivity index (χ3v) is 9.87. The number of fused-ring (bicyclic) bond motifs is 1. The zero-order valence-corrected chi connectivity index (χ0v) is 30.6. The number of phenols is 1. The Kier molecular flexibility index (Phi) is 13.3. The minimum atomic E-state index is -1.57. The number of aromatic hydroxyl groups is 1. The number of aliphatic hydroxyl groups excluding tert-OH is 1. The molecule has 0 radical (unpaired) electrons. The molecule has 3 aromatic rings. The van der Waals surface area contributed by atoms with E-state index >= 15 is 0 Å². The van der Waals surface area contributed by atoms with Crippen molar-refractivity contribution in [2.45, 2.75) is 81.2 Å². The fraction of sp³-hybridized carbons (Fsp3) is 0.395. The van der Waals surface area contributed by atoms with Gasteiger partial charge in [-0.3, -0.25) is 33.6 Å². The summed E-state index contributed by atoms with van der Waals surface area (Å²) in [4.78, 5) is 96.7. The number of carbonyl (C=O) groups is 7. The lowest BCUT2D eigenvalue weighted by Crippen LogP contribution is -2.60. The van der Waals surface area contributed by atoms with Gasteiger partial charge in [0.2, 0.25) is 41.4 Å². The van der Waals surface area contributed by atoms with Crippen molar-refractivity contribution >= 4 is 52.3 Å². The van der Waals surface area contributed by atoms with Crippen molar-refractivity contribution in [3.63, 3.8) is 0 Å². The molecule has 12 N–H and O–H groups in total. The molecule has 6 atom stereocenters. The molecule has 0 bridgehead atoms. The van der Waals surface area contributed by atoms with Crippen LogP contribution in [0.2, 0.25) is 0 Å². The van der Waals surface area contributed by atoms with E-state index in [2.05, 4.69) is 38.1 Å². The Bertz CT molecular complexity index is 1980. The number of phenolic OH excluding ortho intramolecular Hbond substituents is 1. The molecule has 18 heteroatoms. The maximum Gasteiger partial charge on any atom is 0.246 e. The molecule has 1 aromatic heterocycles. The number of likely N-dealkylation sites (tertiary alicyclic amines) is 1. The van der Waals surface area contributed by atoms with Gasteiger partial charge in [-0.25, -0.2) is 0 Å². The van der Waals surface area contributed by atoms with Crippen molar-refractivity contribution in [2.24, 2.45) is 11.5 Å². The molecule has 2 aliphatic heterocycles. The summed E-state index contributed by atoms with van der Waals surface area (Å²) in [7, 11) is 0. The summed E-state index contributed by atoms with van der Waals surface area (Å²) in [5, 5.41) is 33.7. The zero-order chi connectivity index (χ0) is 40.5. The van der Waals surface area contributed by atoms with Crippen molar-refractivity contribution in [3.05, 3.63) is 78.1 Å².